The first-order valence-electron chi connectivity index (χ1n) is 6.62. The van der Waals surface area contributed by atoms with Crippen molar-refractivity contribution in [2.75, 3.05) is 0 Å². The van der Waals surface area contributed by atoms with E-state index in [2.05, 4.69) is 11.4 Å². The molecular weight excluding hydrogens is 246 g/mol. The Morgan fingerprint density at radius 1 is 1.33 bits per heavy atom. The number of rotatable bonds is 3. The first kappa shape index (κ1) is 13.4. The van der Waals surface area contributed by atoms with E-state index in [1.165, 1.54) is 5.56 Å². The van der Waals surface area contributed by atoms with Crippen molar-refractivity contribution in [2.24, 2.45) is 0 Å². The second-order valence-electron chi connectivity index (χ2n) is 5.18. The molecule has 1 fully saturated rings. The number of amides is 1. The topological polar surface area (TPSA) is 29.1 Å². The Balaban J connectivity index is 1.82. The zero-order valence-corrected chi connectivity index (χ0v) is 11.5. The number of halogens is 1. The van der Waals surface area contributed by atoms with Gasteiger partial charge in [0.05, 0.1) is 6.42 Å². The molecule has 1 amide bonds. The number of nitrogens with one attached hydrogen (secondary N) is 1. The van der Waals surface area contributed by atoms with Crippen LogP contribution in [0.25, 0.3) is 0 Å². The van der Waals surface area contributed by atoms with E-state index < -0.39 is 0 Å². The second kappa shape index (κ2) is 6.24. The molecule has 0 unspecified atom stereocenters. The molecule has 18 heavy (non-hydrogen) atoms. The first-order valence-corrected chi connectivity index (χ1v) is 7.06. The van der Waals surface area contributed by atoms with Crippen LogP contribution in [0.5, 0.6) is 0 Å². The summed E-state index contributed by atoms with van der Waals surface area (Å²) in [4.78, 5) is 11.9. The smallest absolute Gasteiger partial charge is 0.224 e. The molecule has 0 bridgehead atoms. The normalized spacial score (nSPS) is 23.7. The van der Waals surface area contributed by atoms with E-state index >= 15 is 0 Å². The lowest BCUT2D eigenvalue weighted by atomic mass is 9.95. The van der Waals surface area contributed by atoms with Crippen molar-refractivity contribution in [2.45, 2.75) is 50.4 Å². The fourth-order valence-electron chi connectivity index (χ4n) is 2.48. The lowest BCUT2D eigenvalue weighted by Gasteiger charge is -2.25. The number of hydrogen-bond acceptors (Lipinski definition) is 1. The first-order chi connectivity index (χ1) is 8.63. The summed E-state index contributed by atoms with van der Waals surface area (Å²) in [7, 11) is 0. The van der Waals surface area contributed by atoms with Gasteiger partial charge in [-0.05, 0) is 38.2 Å². The lowest BCUT2D eigenvalue weighted by molar-refractivity contribution is -0.121. The average Bonchev–Trinajstić information content (AvgIpc) is 2.32. The highest BCUT2D eigenvalue weighted by atomic mass is 35.5. The molecule has 1 aromatic carbocycles. The van der Waals surface area contributed by atoms with Gasteiger partial charge in [-0.1, -0.05) is 29.8 Å². The molecule has 0 heterocycles. The van der Waals surface area contributed by atoms with Gasteiger partial charge >= 0.3 is 0 Å². The van der Waals surface area contributed by atoms with Gasteiger partial charge in [0.2, 0.25) is 5.91 Å². The molecular formula is C15H20ClNO. The molecule has 1 aromatic rings. The van der Waals surface area contributed by atoms with E-state index in [9.17, 15) is 4.79 Å². The van der Waals surface area contributed by atoms with E-state index in [-0.39, 0.29) is 5.91 Å². The third kappa shape index (κ3) is 4.02. The number of benzene rings is 1. The maximum absolute atomic E-state index is 11.9. The quantitative estimate of drug-likeness (QED) is 0.836. The predicted molar refractivity (Wildman–Crippen MR) is 74.9 cm³/mol. The summed E-state index contributed by atoms with van der Waals surface area (Å²) >= 11 is 6.05. The van der Waals surface area contributed by atoms with Gasteiger partial charge in [0.1, 0.15) is 0 Å². The van der Waals surface area contributed by atoms with Gasteiger partial charge in [-0.25, -0.2) is 0 Å². The Labute approximate surface area is 114 Å². The average molecular weight is 266 g/mol. The summed E-state index contributed by atoms with van der Waals surface area (Å²) in [5.41, 5.74) is 2.28. The van der Waals surface area contributed by atoms with Gasteiger partial charge in [-0.2, -0.15) is 0 Å². The fraction of sp³-hybridized carbons (Fsp3) is 0.533. The Hall–Kier alpha value is -1.02. The van der Waals surface area contributed by atoms with Crippen LogP contribution < -0.4 is 5.32 Å². The molecule has 0 aliphatic heterocycles. The second-order valence-corrected chi connectivity index (χ2v) is 5.80. The molecule has 0 aromatic heterocycles. The number of aryl methyl sites for hydroxylation is 1. The van der Waals surface area contributed by atoms with E-state index in [4.69, 9.17) is 11.6 Å². The SMILES string of the molecule is Cc1cccc(CC(=O)NC2CCC(Cl)CC2)c1. The Morgan fingerprint density at radius 2 is 2.06 bits per heavy atom. The third-order valence-electron chi connectivity index (χ3n) is 3.47. The third-order valence-corrected chi connectivity index (χ3v) is 3.91. The monoisotopic (exact) mass is 265 g/mol. The van der Waals surface area contributed by atoms with Gasteiger partial charge in [-0.3, -0.25) is 4.79 Å². The van der Waals surface area contributed by atoms with Crippen LogP contribution in [-0.2, 0) is 11.2 Å². The highest BCUT2D eigenvalue weighted by molar-refractivity contribution is 6.20. The summed E-state index contributed by atoms with van der Waals surface area (Å²) in [6.07, 6.45) is 4.51. The highest BCUT2D eigenvalue weighted by Gasteiger charge is 2.20. The van der Waals surface area contributed by atoms with Crippen molar-refractivity contribution in [1.82, 2.24) is 5.32 Å². The van der Waals surface area contributed by atoms with Crippen LogP contribution in [0.4, 0.5) is 0 Å². The Kier molecular flexibility index (Phi) is 4.65. The van der Waals surface area contributed by atoms with Crippen molar-refractivity contribution in [3.05, 3.63) is 35.4 Å². The standard InChI is InChI=1S/C15H20ClNO/c1-11-3-2-4-12(9-11)10-15(18)17-14-7-5-13(16)6-8-14/h2-4,9,13-14H,5-8,10H2,1H3,(H,17,18). The molecule has 2 rings (SSSR count). The summed E-state index contributed by atoms with van der Waals surface area (Å²) < 4.78 is 0. The minimum Gasteiger partial charge on any atom is -0.353 e. The van der Waals surface area contributed by atoms with Gasteiger partial charge in [0.25, 0.3) is 0 Å². The molecule has 0 atom stereocenters. The van der Waals surface area contributed by atoms with Crippen molar-refractivity contribution in [3.8, 4) is 0 Å². The highest BCUT2D eigenvalue weighted by Crippen LogP contribution is 2.22. The van der Waals surface area contributed by atoms with Gasteiger partial charge in [0, 0.05) is 11.4 Å². The van der Waals surface area contributed by atoms with Crippen molar-refractivity contribution in [3.63, 3.8) is 0 Å². The molecule has 98 valence electrons. The summed E-state index contributed by atoms with van der Waals surface area (Å²) in [6.45, 7) is 2.04. The molecule has 2 nitrogen and oxygen atoms in total. The van der Waals surface area contributed by atoms with E-state index in [0.717, 1.165) is 31.2 Å². The minimum atomic E-state index is 0.124. The van der Waals surface area contributed by atoms with Crippen LogP contribution in [0, 0.1) is 6.92 Å². The summed E-state index contributed by atoms with van der Waals surface area (Å²) in [5.74, 6) is 0.124. The molecule has 3 heteroatoms. The van der Waals surface area contributed by atoms with Crippen LogP contribution in [0.1, 0.15) is 36.8 Å². The predicted octanol–water partition coefficient (Wildman–Crippen LogP) is 3.20. The summed E-state index contributed by atoms with van der Waals surface area (Å²) in [6, 6.07) is 8.43. The molecule has 0 radical (unpaired) electrons. The lowest BCUT2D eigenvalue weighted by Crippen LogP contribution is -2.38. The van der Waals surface area contributed by atoms with Crippen molar-refractivity contribution < 1.29 is 4.79 Å². The maximum Gasteiger partial charge on any atom is 0.224 e. The van der Waals surface area contributed by atoms with Gasteiger partial charge in [-0.15, -0.1) is 11.6 Å². The maximum atomic E-state index is 11.9. The van der Waals surface area contributed by atoms with Crippen LogP contribution >= 0.6 is 11.6 Å². The van der Waals surface area contributed by atoms with Crippen molar-refractivity contribution in [1.29, 1.82) is 0 Å². The molecule has 1 aliphatic carbocycles. The largest absolute Gasteiger partial charge is 0.353 e. The van der Waals surface area contributed by atoms with Gasteiger partial charge in [0.15, 0.2) is 0 Å². The minimum absolute atomic E-state index is 0.124. The summed E-state index contributed by atoms with van der Waals surface area (Å²) in [5, 5.41) is 3.41. The number of carbonyl (C=O) groups is 1. The van der Waals surface area contributed by atoms with E-state index in [1.807, 2.05) is 25.1 Å². The van der Waals surface area contributed by atoms with E-state index in [1.54, 1.807) is 0 Å². The Morgan fingerprint density at radius 3 is 2.72 bits per heavy atom. The molecule has 1 aliphatic rings. The number of alkyl halides is 1. The van der Waals surface area contributed by atoms with Crippen LogP contribution in [0.15, 0.2) is 24.3 Å². The van der Waals surface area contributed by atoms with Crippen LogP contribution in [0.2, 0.25) is 0 Å². The van der Waals surface area contributed by atoms with E-state index in [0.29, 0.717) is 17.8 Å². The number of hydrogen-bond donors (Lipinski definition) is 1. The molecule has 0 spiro atoms. The molecule has 0 saturated heterocycles. The zero-order valence-electron chi connectivity index (χ0n) is 10.8. The fourth-order valence-corrected chi connectivity index (χ4v) is 2.74. The molecule has 1 saturated carbocycles. The van der Waals surface area contributed by atoms with Crippen molar-refractivity contribution >= 4 is 17.5 Å². The number of carbonyl (C=O) groups excluding carboxylic acids is 1. The van der Waals surface area contributed by atoms with Crippen LogP contribution in [0.3, 0.4) is 0 Å². The zero-order chi connectivity index (χ0) is 13.0. The van der Waals surface area contributed by atoms with Crippen LogP contribution in [-0.4, -0.2) is 17.3 Å². The molecule has 1 N–H and O–H groups in total. The van der Waals surface area contributed by atoms with Gasteiger partial charge < -0.3 is 5.32 Å². The Bertz CT molecular complexity index is 411.